The Morgan fingerprint density at radius 3 is 2.88 bits per heavy atom. The average molecular weight is 118 g/mol. The highest BCUT2D eigenvalue weighted by Gasteiger charge is 1.85. The van der Waals surface area contributed by atoms with Crippen LogP contribution in [0.3, 0.4) is 0 Å². The van der Waals surface area contributed by atoms with Gasteiger partial charge in [0.05, 0.1) is 13.7 Å². The molecule has 0 bridgehead atoms. The molecule has 5 heteroatoms. The molecular formula is C3H10N4O. The molecule has 48 valence electrons. The zero-order valence-electron chi connectivity index (χ0n) is 4.72. The number of hydroxylamine groups is 1. The van der Waals surface area contributed by atoms with Crippen LogP contribution in [0.1, 0.15) is 0 Å². The van der Waals surface area contributed by atoms with E-state index in [1.807, 2.05) is 0 Å². The quantitative estimate of drug-likeness (QED) is 0.180. The van der Waals surface area contributed by atoms with Crippen LogP contribution in [0.2, 0.25) is 0 Å². The predicted molar refractivity (Wildman–Crippen MR) is 30.8 cm³/mol. The smallest absolute Gasteiger partial charge is 0.135 e. The topological polar surface area (TPSA) is 85.7 Å². The number of amidine groups is 1. The summed E-state index contributed by atoms with van der Waals surface area (Å²) in [7, 11) is 1.49. The standard InChI is InChI=1S/C3H10N4O/c1-8-6-2-3(4)7-5/h6H,2,5H2,1H3,(H2,4,7). The molecule has 0 aromatic rings. The second kappa shape index (κ2) is 4.35. The van der Waals surface area contributed by atoms with Gasteiger partial charge in [-0.3, -0.25) is 0 Å². The first-order valence-corrected chi connectivity index (χ1v) is 2.09. The van der Waals surface area contributed by atoms with E-state index in [0.717, 1.165) is 0 Å². The van der Waals surface area contributed by atoms with Crippen LogP contribution in [0.15, 0.2) is 5.10 Å². The first-order chi connectivity index (χ1) is 3.81. The molecular weight excluding hydrogens is 108 g/mol. The lowest BCUT2D eigenvalue weighted by Crippen LogP contribution is -2.29. The fourth-order valence-electron chi connectivity index (χ4n) is 0.192. The van der Waals surface area contributed by atoms with E-state index in [1.165, 1.54) is 7.11 Å². The Kier molecular flexibility index (Phi) is 3.91. The monoisotopic (exact) mass is 118 g/mol. The maximum atomic E-state index is 5.14. The Morgan fingerprint density at radius 1 is 1.88 bits per heavy atom. The Morgan fingerprint density at radius 2 is 2.50 bits per heavy atom. The van der Waals surface area contributed by atoms with Crippen molar-refractivity contribution in [3.63, 3.8) is 0 Å². The number of hydrazone groups is 1. The zero-order valence-corrected chi connectivity index (χ0v) is 4.72. The number of nitrogens with one attached hydrogen (secondary N) is 1. The summed E-state index contributed by atoms with van der Waals surface area (Å²) in [6.07, 6.45) is 0. The van der Waals surface area contributed by atoms with Crippen LogP contribution >= 0.6 is 0 Å². The van der Waals surface area contributed by atoms with Crippen LogP contribution in [0.25, 0.3) is 0 Å². The maximum absolute atomic E-state index is 5.14. The molecule has 0 saturated heterocycles. The average Bonchev–Trinajstić information content (AvgIpc) is 1.83. The van der Waals surface area contributed by atoms with Gasteiger partial charge >= 0.3 is 0 Å². The second-order valence-electron chi connectivity index (χ2n) is 1.15. The molecule has 8 heavy (non-hydrogen) atoms. The van der Waals surface area contributed by atoms with E-state index < -0.39 is 0 Å². The van der Waals surface area contributed by atoms with Crippen molar-refractivity contribution in [1.82, 2.24) is 5.48 Å². The van der Waals surface area contributed by atoms with Gasteiger partial charge in [-0.1, -0.05) is 0 Å². The summed E-state index contributed by atoms with van der Waals surface area (Å²) in [5.74, 6) is 5.09. The van der Waals surface area contributed by atoms with Crippen molar-refractivity contribution < 1.29 is 4.84 Å². The fraction of sp³-hybridized carbons (Fsp3) is 0.667. The molecule has 0 aromatic heterocycles. The normalized spacial score (nSPS) is 11.9. The van der Waals surface area contributed by atoms with Gasteiger partial charge in [0.15, 0.2) is 0 Å². The minimum Gasteiger partial charge on any atom is -0.385 e. The number of hydrogen-bond acceptors (Lipinski definition) is 4. The van der Waals surface area contributed by atoms with Crippen molar-refractivity contribution in [3.05, 3.63) is 0 Å². The van der Waals surface area contributed by atoms with Crippen molar-refractivity contribution in [2.45, 2.75) is 0 Å². The Labute approximate surface area is 47.6 Å². The molecule has 0 saturated carbocycles. The SMILES string of the molecule is CONC/C(N)=N/N. The summed E-state index contributed by atoms with van der Waals surface area (Å²) in [5.41, 5.74) is 7.60. The molecule has 0 unspecified atom stereocenters. The van der Waals surface area contributed by atoms with Gasteiger partial charge in [-0.15, -0.1) is 0 Å². The first-order valence-electron chi connectivity index (χ1n) is 2.09. The van der Waals surface area contributed by atoms with Gasteiger partial charge in [-0.2, -0.15) is 10.6 Å². The van der Waals surface area contributed by atoms with Gasteiger partial charge in [0, 0.05) is 0 Å². The third-order valence-electron chi connectivity index (χ3n) is 0.563. The summed E-state index contributed by atoms with van der Waals surface area (Å²) < 4.78 is 0. The molecule has 0 aliphatic heterocycles. The minimum atomic E-state index is 0.312. The third-order valence-corrected chi connectivity index (χ3v) is 0.563. The molecule has 0 heterocycles. The van der Waals surface area contributed by atoms with E-state index in [9.17, 15) is 0 Å². The highest BCUT2D eigenvalue weighted by molar-refractivity contribution is 5.81. The van der Waals surface area contributed by atoms with Gasteiger partial charge in [0.25, 0.3) is 0 Å². The van der Waals surface area contributed by atoms with Crippen LogP contribution in [0.4, 0.5) is 0 Å². The first kappa shape index (κ1) is 7.19. The highest BCUT2D eigenvalue weighted by Crippen LogP contribution is 1.58. The minimum absolute atomic E-state index is 0.312. The van der Waals surface area contributed by atoms with Gasteiger partial charge < -0.3 is 16.4 Å². The molecule has 0 atom stereocenters. The van der Waals surface area contributed by atoms with E-state index in [2.05, 4.69) is 15.4 Å². The number of rotatable bonds is 3. The zero-order chi connectivity index (χ0) is 6.41. The largest absolute Gasteiger partial charge is 0.385 e. The predicted octanol–water partition coefficient (Wildman–Crippen LogP) is -1.63. The molecule has 0 fully saturated rings. The van der Waals surface area contributed by atoms with Crippen molar-refractivity contribution in [3.8, 4) is 0 Å². The molecule has 0 aromatic carbocycles. The Bertz CT molecular complexity index is 81.4. The molecule has 0 radical (unpaired) electrons. The molecule has 0 spiro atoms. The van der Waals surface area contributed by atoms with Crippen LogP contribution in [-0.4, -0.2) is 19.5 Å². The van der Waals surface area contributed by atoms with Crippen LogP contribution < -0.4 is 17.1 Å². The highest BCUT2D eigenvalue weighted by atomic mass is 16.6. The molecule has 5 N–H and O–H groups in total. The fourth-order valence-corrected chi connectivity index (χ4v) is 0.192. The Hall–Kier alpha value is -0.810. The van der Waals surface area contributed by atoms with Gasteiger partial charge in [-0.25, -0.2) is 0 Å². The van der Waals surface area contributed by atoms with E-state index in [0.29, 0.717) is 12.4 Å². The number of nitrogens with zero attached hydrogens (tertiary/aromatic N) is 1. The lowest BCUT2D eigenvalue weighted by atomic mass is 10.6. The lowest BCUT2D eigenvalue weighted by Gasteiger charge is -1.97. The van der Waals surface area contributed by atoms with Gasteiger partial charge in [0.1, 0.15) is 5.84 Å². The van der Waals surface area contributed by atoms with E-state index in [1.54, 1.807) is 0 Å². The van der Waals surface area contributed by atoms with Crippen LogP contribution in [0, 0.1) is 0 Å². The molecule has 0 rings (SSSR count). The number of nitrogens with two attached hydrogens (primary N) is 2. The summed E-state index contributed by atoms with van der Waals surface area (Å²) >= 11 is 0. The van der Waals surface area contributed by atoms with Gasteiger partial charge in [0.2, 0.25) is 0 Å². The van der Waals surface area contributed by atoms with Crippen LogP contribution in [0.5, 0.6) is 0 Å². The van der Waals surface area contributed by atoms with Crippen molar-refractivity contribution in [2.75, 3.05) is 13.7 Å². The van der Waals surface area contributed by atoms with Crippen molar-refractivity contribution in [2.24, 2.45) is 16.7 Å². The number of hydrogen-bond donors (Lipinski definition) is 3. The van der Waals surface area contributed by atoms with E-state index in [-0.39, 0.29) is 0 Å². The van der Waals surface area contributed by atoms with Crippen molar-refractivity contribution >= 4 is 5.84 Å². The molecule has 5 nitrogen and oxygen atoms in total. The molecule has 0 aliphatic rings. The summed E-state index contributed by atoms with van der Waals surface area (Å²) in [6.45, 7) is 0.354. The summed E-state index contributed by atoms with van der Waals surface area (Å²) in [4.78, 5) is 4.45. The second-order valence-corrected chi connectivity index (χ2v) is 1.15. The third kappa shape index (κ3) is 3.38. The lowest BCUT2D eigenvalue weighted by molar-refractivity contribution is 0.104. The van der Waals surface area contributed by atoms with Crippen LogP contribution in [-0.2, 0) is 4.84 Å². The Balaban J connectivity index is 3.12. The molecule has 0 amide bonds. The van der Waals surface area contributed by atoms with E-state index >= 15 is 0 Å². The van der Waals surface area contributed by atoms with Crippen molar-refractivity contribution in [1.29, 1.82) is 0 Å². The van der Waals surface area contributed by atoms with E-state index in [4.69, 9.17) is 11.6 Å². The molecule has 0 aliphatic carbocycles. The summed E-state index contributed by atoms with van der Waals surface area (Å²) in [5, 5.41) is 3.18. The maximum Gasteiger partial charge on any atom is 0.135 e. The summed E-state index contributed by atoms with van der Waals surface area (Å²) in [6, 6.07) is 0. The van der Waals surface area contributed by atoms with Gasteiger partial charge in [-0.05, 0) is 0 Å².